The Morgan fingerprint density at radius 3 is 2.19 bits per heavy atom. The van der Waals surface area contributed by atoms with Gasteiger partial charge in [0.2, 0.25) is 5.91 Å². The standard InChI is InChI=1S/C23H26F3NO4/c1-4-17(15-11-13-16(14-12-15)31-23(24,25)26)27-18(7-5-10-21(27)28)22-19(29-2)8-6-9-20(22)30-3/h6,8-9,11-14,17-18H,4-5,7,10H2,1-3H3. The van der Waals surface area contributed by atoms with Gasteiger partial charge in [0.05, 0.1) is 31.9 Å². The Labute approximate surface area is 179 Å². The minimum atomic E-state index is -4.75. The lowest BCUT2D eigenvalue weighted by Gasteiger charge is -2.42. The fraction of sp³-hybridized carbons (Fsp3) is 0.435. The molecule has 0 aromatic heterocycles. The van der Waals surface area contributed by atoms with E-state index in [1.54, 1.807) is 26.4 Å². The molecule has 1 amide bonds. The molecule has 0 spiro atoms. The molecule has 1 fully saturated rings. The van der Waals surface area contributed by atoms with Crippen molar-refractivity contribution in [3.8, 4) is 17.2 Å². The highest BCUT2D eigenvalue weighted by Crippen LogP contribution is 2.46. The van der Waals surface area contributed by atoms with Crippen LogP contribution in [0, 0.1) is 0 Å². The zero-order valence-corrected chi connectivity index (χ0v) is 17.7. The van der Waals surface area contributed by atoms with Crippen LogP contribution < -0.4 is 14.2 Å². The van der Waals surface area contributed by atoms with Crippen LogP contribution in [0.5, 0.6) is 17.2 Å². The Hall–Kier alpha value is -2.90. The molecule has 1 aliphatic heterocycles. The van der Waals surface area contributed by atoms with Crippen molar-refractivity contribution in [1.82, 2.24) is 4.90 Å². The summed E-state index contributed by atoms with van der Waals surface area (Å²) in [4.78, 5) is 14.9. The lowest BCUT2D eigenvalue weighted by Crippen LogP contribution is -2.41. The van der Waals surface area contributed by atoms with Crippen molar-refractivity contribution in [3.63, 3.8) is 0 Å². The highest BCUT2D eigenvalue weighted by Gasteiger charge is 2.38. The van der Waals surface area contributed by atoms with E-state index in [1.807, 2.05) is 30.0 Å². The number of nitrogens with zero attached hydrogens (tertiary/aromatic N) is 1. The fourth-order valence-corrected chi connectivity index (χ4v) is 4.26. The van der Waals surface area contributed by atoms with Crippen LogP contribution in [0.2, 0.25) is 0 Å². The first-order chi connectivity index (χ1) is 14.8. The van der Waals surface area contributed by atoms with Gasteiger partial charge in [0, 0.05) is 6.42 Å². The number of alkyl halides is 3. The Bertz CT molecular complexity index is 876. The average Bonchev–Trinajstić information content (AvgIpc) is 2.74. The molecule has 5 nitrogen and oxygen atoms in total. The number of halogens is 3. The van der Waals surface area contributed by atoms with Crippen molar-refractivity contribution in [1.29, 1.82) is 0 Å². The van der Waals surface area contributed by atoms with Crippen LogP contribution in [0.1, 0.15) is 55.8 Å². The number of methoxy groups -OCH3 is 2. The van der Waals surface area contributed by atoms with Gasteiger partial charge in [-0.2, -0.15) is 0 Å². The summed E-state index contributed by atoms with van der Waals surface area (Å²) in [6.07, 6.45) is -2.27. The van der Waals surface area contributed by atoms with Gasteiger partial charge in [-0.25, -0.2) is 0 Å². The second-order valence-corrected chi connectivity index (χ2v) is 7.33. The van der Waals surface area contributed by atoms with Gasteiger partial charge in [-0.3, -0.25) is 4.79 Å². The summed E-state index contributed by atoms with van der Waals surface area (Å²) in [6, 6.07) is 10.6. The number of hydrogen-bond acceptors (Lipinski definition) is 4. The molecule has 2 aromatic rings. The summed E-state index contributed by atoms with van der Waals surface area (Å²) in [5.41, 5.74) is 1.54. The van der Waals surface area contributed by atoms with Crippen LogP contribution in [-0.4, -0.2) is 31.4 Å². The van der Waals surface area contributed by atoms with Crippen molar-refractivity contribution in [3.05, 3.63) is 53.6 Å². The van der Waals surface area contributed by atoms with Crippen molar-refractivity contribution in [2.24, 2.45) is 0 Å². The molecule has 2 atom stereocenters. The molecule has 0 aliphatic carbocycles. The van der Waals surface area contributed by atoms with E-state index < -0.39 is 6.36 Å². The van der Waals surface area contributed by atoms with Crippen LogP contribution >= 0.6 is 0 Å². The number of carbonyl (C=O) groups excluding carboxylic acids is 1. The van der Waals surface area contributed by atoms with Gasteiger partial charge in [-0.05, 0) is 49.1 Å². The van der Waals surface area contributed by atoms with Crippen LogP contribution in [-0.2, 0) is 4.79 Å². The topological polar surface area (TPSA) is 48.0 Å². The zero-order chi connectivity index (χ0) is 22.6. The lowest BCUT2D eigenvalue weighted by molar-refractivity contribution is -0.274. The maximum absolute atomic E-state index is 13.1. The first kappa shape index (κ1) is 22.8. The molecule has 8 heteroatoms. The summed E-state index contributed by atoms with van der Waals surface area (Å²) in [6.45, 7) is 1.95. The van der Waals surface area contributed by atoms with Gasteiger partial charge in [0.25, 0.3) is 0 Å². The molecule has 2 aromatic carbocycles. The van der Waals surface area contributed by atoms with E-state index in [-0.39, 0.29) is 23.7 Å². The van der Waals surface area contributed by atoms with E-state index in [2.05, 4.69) is 4.74 Å². The van der Waals surface area contributed by atoms with Crippen molar-refractivity contribution in [2.45, 2.75) is 51.1 Å². The quantitative estimate of drug-likeness (QED) is 0.549. The Balaban J connectivity index is 2.00. The Morgan fingerprint density at radius 2 is 1.68 bits per heavy atom. The predicted octanol–water partition coefficient (Wildman–Crippen LogP) is 5.81. The van der Waals surface area contributed by atoms with Crippen LogP contribution in [0.25, 0.3) is 0 Å². The van der Waals surface area contributed by atoms with Crippen LogP contribution in [0.3, 0.4) is 0 Å². The van der Waals surface area contributed by atoms with Gasteiger partial charge in [0.1, 0.15) is 17.2 Å². The molecule has 0 bridgehead atoms. The molecule has 1 saturated heterocycles. The molecule has 1 aliphatic rings. The van der Waals surface area contributed by atoms with Gasteiger partial charge >= 0.3 is 6.36 Å². The third-order valence-electron chi connectivity index (χ3n) is 5.51. The van der Waals surface area contributed by atoms with Crippen molar-refractivity contribution >= 4 is 5.91 Å². The number of benzene rings is 2. The number of amides is 1. The first-order valence-corrected chi connectivity index (χ1v) is 10.2. The van der Waals surface area contributed by atoms with E-state index in [1.165, 1.54) is 12.1 Å². The van der Waals surface area contributed by atoms with Crippen LogP contribution in [0.15, 0.2) is 42.5 Å². The highest BCUT2D eigenvalue weighted by atomic mass is 19.4. The molecular formula is C23H26F3NO4. The van der Waals surface area contributed by atoms with Gasteiger partial charge in [-0.1, -0.05) is 25.1 Å². The Morgan fingerprint density at radius 1 is 1.06 bits per heavy atom. The van der Waals surface area contributed by atoms with E-state index in [0.717, 1.165) is 24.0 Å². The molecule has 1 heterocycles. The third kappa shape index (κ3) is 5.06. The number of likely N-dealkylation sites (tertiary alicyclic amines) is 1. The molecular weight excluding hydrogens is 411 g/mol. The van der Waals surface area contributed by atoms with Crippen LogP contribution in [0.4, 0.5) is 13.2 Å². The molecule has 168 valence electrons. The number of rotatable bonds is 7. The zero-order valence-electron chi connectivity index (χ0n) is 17.7. The van der Waals surface area contributed by atoms with Gasteiger partial charge in [0.15, 0.2) is 0 Å². The van der Waals surface area contributed by atoms with Crippen molar-refractivity contribution < 1.29 is 32.2 Å². The first-order valence-electron chi connectivity index (χ1n) is 10.2. The molecule has 31 heavy (non-hydrogen) atoms. The van der Waals surface area contributed by atoms with Gasteiger partial charge in [-0.15, -0.1) is 13.2 Å². The minimum Gasteiger partial charge on any atom is -0.496 e. The van der Waals surface area contributed by atoms with Crippen molar-refractivity contribution in [2.75, 3.05) is 14.2 Å². The second kappa shape index (κ2) is 9.49. The fourth-order valence-electron chi connectivity index (χ4n) is 4.26. The molecule has 0 radical (unpaired) electrons. The summed E-state index contributed by atoms with van der Waals surface area (Å²) < 4.78 is 52.6. The largest absolute Gasteiger partial charge is 0.573 e. The summed E-state index contributed by atoms with van der Waals surface area (Å²) in [5, 5.41) is 0. The summed E-state index contributed by atoms with van der Waals surface area (Å²) in [5.74, 6) is 0.964. The molecule has 0 saturated carbocycles. The van der Waals surface area contributed by atoms with E-state index in [9.17, 15) is 18.0 Å². The van der Waals surface area contributed by atoms with E-state index in [4.69, 9.17) is 9.47 Å². The normalized spacial score (nSPS) is 17.9. The predicted molar refractivity (Wildman–Crippen MR) is 109 cm³/mol. The number of hydrogen-bond donors (Lipinski definition) is 0. The SMILES string of the molecule is CCC(c1ccc(OC(F)(F)F)cc1)N1C(=O)CCCC1c1c(OC)cccc1OC. The number of piperidine rings is 1. The maximum atomic E-state index is 13.1. The minimum absolute atomic E-state index is 0.00771. The summed E-state index contributed by atoms with van der Waals surface area (Å²) in [7, 11) is 3.15. The summed E-state index contributed by atoms with van der Waals surface area (Å²) >= 11 is 0. The number of ether oxygens (including phenoxy) is 3. The van der Waals surface area contributed by atoms with E-state index >= 15 is 0 Å². The van der Waals surface area contributed by atoms with Gasteiger partial charge < -0.3 is 19.1 Å². The lowest BCUT2D eigenvalue weighted by atomic mass is 9.89. The molecule has 3 rings (SSSR count). The maximum Gasteiger partial charge on any atom is 0.573 e. The van der Waals surface area contributed by atoms with E-state index in [0.29, 0.717) is 24.3 Å². The monoisotopic (exact) mass is 437 g/mol. The number of carbonyl (C=O) groups is 1. The average molecular weight is 437 g/mol. The molecule has 2 unspecified atom stereocenters. The molecule has 0 N–H and O–H groups in total. The highest BCUT2D eigenvalue weighted by molar-refractivity contribution is 5.78. The second-order valence-electron chi connectivity index (χ2n) is 7.33. The third-order valence-corrected chi connectivity index (χ3v) is 5.51. The smallest absolute Gasteiger partial charge is 0.496 e. The Kier molecular flexibility index (Phi) is 6.97.